The van der Waals surface area contributed by atoms with Crippen molar-refractivity contribution in [2.24, 2.45) is 5.92 Å². The molecule has 2 aromatic heterocycles. The fourth-order valence-corrected chi connectivity index (χ4v) is 7.54. The Bertz CT molecular complexity index is 2650. The molecule has 3 aliphatic rings. The Balaban J connectivity index is 1.04. The summed E-state index contributed by atoms with van der Waals surface area (Å²) in [6.45, 7) is 0. The van der Waals surface area contributed by atoms with Crippen LogP contribution in [0.15, 0.2) is 162 Å². The van der Waals surface area contributed by atoms with Crippen LogP contribution in [0.25, 0.3) is 78.7 Å². The molecule has 51 heavy (non-hydrogen) atoms. The molecule has 4 heteroatoms. The first-order valence-electron chi connectivity index (χ1n) is 17.7. The second-order valence-corrected chi connectivity index (χ2v) is 13.5. The van der Waals surface area contributed by atoms with Crippen LogP contribution in [0, 0.1) is 5.92 Å². The highest BCUT2D eigenvalue weighted by Gasteiger charge is 2.19. The van der Waals surface area contributed by atoms with Gasteiger partial charge < -0.3 is 4.42 Å². The number of hydrogen-bond acceptors (Lipinski definition) is 4. The predicted octanol–water partition coefficient (Wildman–Crippen LogP) is 11.9. The largest absolute Gasteiger partial charge is 0.456 e. The van der Waals surface area contributed by atoms with Crippen molar-refractivity contribution in [2.75, 3.05) is 0 Å². The summed E-state index contributed by atoms with van der Waals surface area (Å²) in [4.78, 5) is 15.2. The zero-order valence-corrected chi connectivity index (χ0v) is 28.0. The lowest BCUT2D eigenvalue weighted by Crippen LogP contribution is -2.05. The lowest BCUT2D eigenvalue weighted by Gasteiger charge is -2.21. The Kier molecular flexibility index (Phi) is 7.05. The van der Waals surface area contributed by atoms with E-state index in [1.807, 2.05) is 0 Å². The van der Waals surface area contributed by atoms with Gasteiger partial charge in [0.1, 0.15) is 11.3 Å². The second kappa shape index (κ2) is 12.2. The van der Waals surface area contributed by atoms with Crippen molar-refractivity contribution in [2.45, 2.75) is 19.3 Å². The van der Waals surface area contributed by atoms with Gasteiger partial charge in [0.2, 0.25) is 0 Å². The van der Waals surface area contributed by atoms with Gasteiger partial charge in [-0.2, -0.15) is 0 Å². The lowest BCUT2D eigenvalue weighted by molar-refractivity contribution is 0.595. The molecule has 1 unspecified atom stereocenters. The van der Waals surface area contributed by atoms with Gasteiger partial charge in [-0.05, 0) is 76.1 Å². The summed E-state index contributed by atoms with van der Waals surface area (Å²) in [5, 5.41) is 3.62. The lowest BCUT2D eigenvalue weighted by atomic mass is 9.84. The number of nitrogens with zero attached hydrogens (tertiary/aromatic N) is 3. The van der Waals surface area contributed by atoms with Gasteiger partial charge >= 0.3 is 0 Å². The first-order chi connectivity index (χ1) is 25.2. The Hall–Kier alpha value is -6.39. The van der Waals surface area contributed by atoms with Gasteiger partial charge in [-0.25, -0.2) is 15.0 Å². The van der Waals surface area contributed by atoms with Crippen LogP contribution >= 0.6 is 0 Å². The van der Waals surface area contributed by atoms with Crippen molar-refractivity contribution in [1.82, 2.24) is 15.0 Å². The van der Waals surface area contributed by atoms with Crippen molar-refractivity contribution < 1.29 is 4.42 Å². The van der Waals surface area contributed by atoms with Crippen LogP contribution in [0.3, 0.4) is 0 Å². The Morgan fingerprint density at radius 1 is 0.588 bits per heavy atom. The molecule has 3 aliphatic carbocycles. The van der Waals surface area contributed by atoms with E-state index in [0.717, 1.165) is 58.2 Å². The van der Waals surface area contributed by atoms with Crippen LogP contribution in [0.4, 0.5) is 0 Å². The fraction of sp³-hybridized carbons (Fsp3) is 0.0851. The average molecular weight is 656 g/mol. The van der Waals surface area contributed by atoms with Gasteiger partial charge in [0.05, 0.1) is 0 Å². The fourth-order valence-electron chi connectivity index (χ4n) is 7.54. The number of hydrogen-bond donors (Lipinski definition) is 0. The zero-order chi connectivity index (χ0) is 33.7. The monoisotopic (exact) mass is 655 g/mol. The minimum absolute atomic E-state index is 0.476. The van der Waals surface area contributed by atoms with Gasteiger partial charge in [0, 0.05) is 33.6 Å². The van der Waals surface area contributed by atoms with Gasteiger partial charge in [-0.1, -0.05) is 140 Å². The SMILES string of the molecule is C1=CC2=CC(c3ccc(-c4nc(-c5ccc(-c6ccc7ccccc7c6)cc5)nc(-c5ccc6c7c(oc6c5)C=CCC7)n4)cc3)=CCC2C=C1. The molecule has 0 saturated heterocycles. The van der Waals surface area contributed by atoms with Crippen LogP contribution in [0.1, 0.15) is 29.7 Å². The van der Waals surface area contributed by atoms with E-state index in [4.69, 9.17) is 19.4 Å². The number of aryl methyl sites for hydroxylation is 1. The average Bonchev–Trinajstić information content (AvgIpc) is 3.58. The van der Waals surface area contributed by atoms with Gasteiger partial charge in [0.25, 0.3) is 0 Å². The van der Waals surface area contributed by atoms with E-state index >= 15 is 0 Å². The van der Waals surface area contributed by atoms with Crippen molar-refractivity contribution in [3.63, 3.8) is 0 Å². The number of aromatic nitrogens is 3. The Morgan fingerprint density at radius 2 is 1.27 bits per heavy atom. The third-order valence-corrected chi connectivity index (χ3v) is 10.3. The molecule has 7 aromatic rings. The van der Waals surface area contributed by atoms with Crippen molar-refractivity contribution in [3.05, 3.63) is 174 Å². The van der Waals surface area contributed by atoms with E-state index in [-0.39, 0.29) is 0 Å². The minimum Gasteiger partial charge on any atom is -0.456 e. The molecule has 1 atom stereocenters. The molecule has 5 aromatic carbocycles. The summed E-state index contributed by atoms with van der Waals surface area (Å²) in [5.74, 6) is 3.32. The molecule has 0 fully saturated rings. The predicted molar refractivity (Wildman–Crippen MR) is 209 cm³/mol. The number of fused-ring (bicyclic) bond motifs is 5. The highest BCUT2D eigenvalue weighted by molar-refractivity contribution is 5.89. The maximum absolute atomic E-state index is 6.29. The van der Waals surface area contributed by atoms with E-state index in [2.05, 4.69) is 158 Å². The highest BCUT2D eigenvalue weighted by atomic mass is 16.3. The van der Waals surface area contributed by atoms with E-state index in [1.54, 1.807) is 0 Å². The van der Waals surface area contributed by atoms with Crippen LogP contribution in [0.2, 0.25) is 0 Å². The summed E-state index contributed by atoms with van der Waals surface area (Å²) >= 11 is 0. The Morgan fingerprint density at radius 3 is 2.08 bits per heavy atom. The number of furan rings is 1. The van der Waals surface area contributed by atoms with Crippen LogP contribution < -0.4 is 0 Å². The first-order valence-corrected chi connectivity index (χ1v) is 17.7. The van der Waals surface area contributed by atoms with Crippen molar-refractivity contribution in [1.29, 1.82) is 0 Å². The van der Waals surface area contributed by atoms with Crippen LogP contribution in [0.5, 0.6) is 0 Å². The summed E-state index contributed by atoms with van der Waals surface area (Å²) in [5.41, 5.74) is 11.0. The summed E-state index contributed by atoms with van der Waals surface area (Å²) in [6.07, 6.45) is 20.7. The van der Waals surface area contributed by atoms with Crippen molar-refractivity contribution in [3.8, 4) is 45.3 Å². The van der Waals surface area contributed by atoms with Gasteiger partial charge in [0.15, 0.2) is 17.5 Å². The molecule has 0 amide bonds. The smallest absolute Gasteiger partial charge is 0.164 e. The topological polar surface area (TPSA) is 51.8 Å². The molecule has 0 spiro atoms. The molecule has 0 saturated carbocycles. The maximum atomic E-state index is 6.29. The normalized spacial score (nSPS) is 16.2. The van der Waals surface area contributed by atoms with E-state index in [0.29, 0.717) is 23.4 Å². The summed E-state index contributed by atoms with van der Waals surface area (Å²) in [7, 11) is 0. The third-order valence-electron chi connectivity index (χ3n) is 10.3. The van der Waals surface area contributed by atoms with Crippen LogP contribution in [-0.2, 0) is 6.42 Å². The molecule has 4 nitrogen and oxygen atoms in total. The third kappa shape index (κ3) is 5.46. The zero-order valence-electron chi connectivity index (χ0n) is 28.0. The Labute approximate surface area is 296 Å². The maximum Gasteiger partial charge on any atom is 0.164 e. The highest BCUT2D eigenvalue weighted by Crippen LogP contribution is 2.36. The molecule has 10 rings (SSSR count). The molecule has 0 aliphatic heterocycles. The van der Waals surface area contributed by atoms with E-state index < -0.39 is 0 Å². The summed E-state index contributed by atoms with van der Waals surface area (Å²) < 4.78 is 6.29. The second-order valence-electron chi connectivity index (χ2n) is 13.5. The number of benzene rings is 5. The minimum atomic E-state index is 0.476. The molecule has 0 bridgehead atoms. The molecular formula is C47H33N3O. The molecule has 0 radical (unpaired) electrons. The first kappa shape index (κ1) is 29.5. The van der Waals surface area contributed by atoms with E-state index in [1.165, 1.54) is 38.6 Å². The van der Waals surface area contributed by atoms with Crippen LogP contribution in [-0.4, -0.2) is 15.0 Å². The summed E-state index contributed by atoms with van der Waals surface area (Å²) in [6, 6.07) is 38.5. The van der Waals surface area contributed by atoms with Gasteiger partial charge in [-0.3, -0.25) is 0 Å². The number of allylic oxidation sites excluding steroid dienone is 9. The molecular weight excluding hydrogens is 623 g/mol. The number of rotatable bonds is 5. The molecule has 2 heterocycles. The van der Waals surface area contributed by atoms with Crippen molar-refractivity contribution >= 4 is 33.4 Å². The molecule has 242 valence electrons. The standard InChI is InChI=1S/C47H33N3O/c1-3-9-36-27-38(23-17-30(36)7-1)32-13-19-34(20-14-32)45-48-46(35-21-15-33(16-22-35)39-24-18-31-8-2-4-10-37(31)28-39)50-47(49-45)40-25-26-42-41-11-5-6-12-43(41)51-44(42)29-40/h1-4,6-10,12-17,19-29,31H,5,11,18H2. The van der Waals surface area contributed by atoms with Gasteiger partial charge in [-0.15, -0.1) is 0 Å². The quantitative estimate of drug-likeness (QED) is 0.185. The van der Waals surface area contributed by atoms with E-state index in [9.17, 15) is 0 Å². The molecule has 0 N–H and O–H groups in total.